The number of nitrogens with one attached hydrogen (secondary N) is 2. The highest BCUT2D eigenvalue weighted by atomic mass is 16.1. The molecule has 1 aliphatic rings. The second kappa shape index (κ2) is 9.46. The van der Waals surface area contributed by atoms with Gasteiger partial charge in [-0.1, -0.05) is 26.0 Å². The first-order chi connectivity index (χ1) is 12.4. The van der Waals surface area contributed by atoms with E-state index in [2.05, 4.69) is 57.5 Å². The quantitative estimate of drug-likeness (QED) is 0.478. The van der Waals surface area contributed by atoms with Gasteiger partial charge in [0.05, 0.1) is 0 Å². The first-order valence-corrected chi connectivity index (χ1v) is 9.48. The number of amides is 1. The largest absolute Gasteiger partial charge is 0.368 e. The minimum atomic E-state index is 0.0208. The van der Waals surface area contributed by atoms with E-state index in [1.165, 1.54) is 16.8 Å². The summed E-state index contributed by atoms with van der Waals surface area (Å²) in [6.45, 7) is 13.3. The number of guanidine groups is 1. The Kier molecular flexibility index (Phi) is 7.30. The van der Waals surface area contributed by atoms with Crippen LogP contribution in [0.5, 0.6) is 0 Å². The van der Waals surface area contributed by atoms with E-state index in [-0.39, 0.29) is 11.8 Å². The second-order valence-electron chi connectivity index (χ2n) is 7.11. The maximum absolute atomic E-state index is 11.6. The van der Waals surface area contributed by atoms with Gasteiger partial charge in [-0.05, 0) is 31.0 Å². The number of carbonyl (C=O) groups excluding carboxylic acids is 1. The number of aliphatic imine (C=N–C) groups is 1. The van der Waals surface area contributed by atoms with Crippen molar-refractivity contribution in [1.82, 2.24) is 15.5 Å². The molecule has 6 heteroatoms. The SMILES string of the molecule is CN=C(NCCNC(=O)C(C)C)N1CCN(c2cccc(C)c2C)CC1. The molecule has 0 atom stereocenters. The molecule has 144 valence electrons. The zero-order chi connectivity index (χ0) is 19.1. The number of hydrogen-bond donors (Lipinski definition) is 2. The Morgan fingerprint density at radius 1 is 1.12 bits per heavy atom. The Morgan fingerprint density at radius 2 is 1.77 bits per heavy atom. The molecule has 6 nitrogen and oxygen atoms in total. The zero-order valence-electron chi connectivity index (χ0n) is 16.8. The van der Waals surface area contributed by atoms with Gasteiger partial charge in [-0.25, -0.2) is 0 Å². The topological polar surface area (TPSA) is 60.0 Å². The van der Waals surface area contributed by atoms with Crippen LogP contribution in [-0.4, -0.2) is 63.1 Å². The Morgan fingerprint density at radius 3 is 2.38 bits per heavy atom. The minimum Gasteiger partial charge on any atom is -0.368 e. The second-order valence-corrected chi connectivity index (χ2v) is 7.11. The number of benzene rings is 1. The van der Waals surface area contributed by atoms with Crippen LogP contribution >= 0.6 is 0 Å². The molecule has 1 heterocycles. The molecule has 1 amide bonds. The Bertz CT molecular complexity index is 633. The molecule has 0 spiro atoms. The molecular formula is C20H33N5O. The molecule has 1 saturated heterocycles. The molecule has 1 aliphatic heterocycles. The first-order valence-electron chi connectivity index (χ1n) is 9.48. The summed E-state index contributed by atoms with van der Waals surface area (Å²) < 4.78 is 0. The van der Waals surface area contributed by atoms with Gasteiger partial charge in [-0.3, -0.25) is 9.79 Å². The molecule has 0 radical (unpaired) electrons. The molecule has 1 fully saturated rings. The van der Waals surface area contributed by atoms with Gasteiger partial charge >= 0.3 is 0 Å². The van der Waals surface area contributed by atoms with E-state index in [0.717, 1.165) is 32.1 Å². The monoisotopic (exact) mass is 359 g/mol. The van der Waals surface area contributed by atoms with Crippen LogP contribution in [0, 0.1) is 19.8 Å². The smallest absolute Gasteiger partial charge is 0.222 e. The van der Waals surface area contributed by atoms with E-state index in [0.29, 0.717) is 13.1 Å². The summed E-state index contributed by atoms with van der Waals surface area (Å²) in [5.74, 6) is 1.01. The number of hydrogen-bond acceptors (Lipinski definition) is 3. The van der Waals surface area contributed by atoms with Gasteiger partial charge in [0, 0.05) is 57.9 Å². The molecule has 0 bridgehead atoms. The van der Waals surface area contributed by atoms with Crippen molar-refractivity contribution in [3.8, 4) is 0 Å². The maximum Gasteiger partial charge on any atom is 0.222 e. The van der Waals surface area contributed by atoms with Crippen molar-refractivity contribution in [3.05, 3.63) is 29.3 Å². The van der Waals surface area contributed by atoms with Gasteiger partial charge in [-0.15, -0.1) is 0 Å². The molecule has 0 unspecified atom stereocenters. The fourth-order valence-corrected chi connectivity index (χ4v) is 3.13. The van der Waals surface area contributed by atoms with E-state index >= 15 is 0 Å². The first kappa shape index (κ1) is 20.1. The predicted octanol–water partition coefficient (Wildman–Crippen LogP) is 1.77. The van der Waals surface area contributed by atoms with E-state index in [9.17, 15) is 4.79 Å². The van der Waals surface area contributed by atoms with Crippen LogP contribution in [0.1, 0.15) is 25.0 Å². The summed E-state index contributed by atoms with van der Waals surface area (Å²) in [6.07, 6.45) is 0. The molecule has 0 aliphatic carbocycles. The molecule has 26 heavy (non-hydrogen) atoms. The molecule has 0 saturated carbocycles. The maximum atomic E-state index is 11.6. The van der Waals surface area contributed by atoms with Crippen LogP contribution in [0.15, 0.2) is 23.2 Å². The van der Waals surface area contributed by atoms with E-state index in [4.69, 9.17) is 0 Å². The standard InChI is InChI=1S/C20H33N5O/c1-15(2)19(26)22-9-10-23-20(21-5)25-13-11-24(12-14-25)18-8-6-7-16(3)17(18)4/h6-8,15H,9-14H2,1-5H3,(H,21,23)(H,22,26). The predicted molar refractivity (Wildman–Crippen MR) is 109 cm³/mol. The molecule has 2 rings (SSSR count). The van der Waals surface area contributed by atoms with E-state index < -0.39 is 0 Å². The summed E-state index contributed by atoms with van der Waals surface area (Å²) in [5.41, 5.74) is 4.04. The fourth-order valence-electron chi connectivity index (χ4n) is 3.13. The highest BCUT2D eigenvalue weighted by molar-refractivity contribution is 5.80. The zero-order valence-corrected chi connectivity index (χ0v) is 16.8. The number of rotatable bonds is 5. The van der Waals surface area contributed by atoms with E-state index in [1.54, 1.807) is 0 Å². The van der Waals surface area contributed by atoms with Crippen molar-refractivity contribution in [2.45, 2.75) is 27.7 Å². The van der Waals surface area contributed by atoms with E-state index in [1.807, 2.05) is 20.9 Å². The average Bonchev–Trinajstić information content (AvgIpc) is 2.64. The summed E-state index contributed by atoms with van der Waals surface area (Å²) >= 11 is 0. The number of anilines is 1. The summed E-state index contributed by atoms with van der Waals surface area (Å²) in [5, 5.41) is 6.27. The summed E-state index contributed by atoms with van der Waals surface area (Å²) in [6, 6.07) is 6.51. The average molecular weight is 360 g/mol. The number of aryl methyl sites for hydroxylation is 1. The van der Waals surface area contributed by atoms with Crippen molar-refractivity contribution < 1.29 is 4.79 Å². The molecular weight excluding hydrogens is 326 g/mol. The Balaban J connectivity index is 1.82. The van der Waals surface area contributed by atoms with Crippen LogP contribution in [0.4, 0.5) is 5.69 Å². The number of carbonyl (C=O) groups is 1. The van der Waals surface area contributed by atoms with Gasteiger partial charge in [0.15, 0.2) is 5.96 Å². The summed E-state index contributed by atoms with van der Waals surface area (Å²) in [4.78, 5) is 20.7. The van der Waals surface area contributed by atoms with Gasteiger partial charge in [0.1, 0.15) is 0 Å². The van der Waals surface area contributed by atoms with Crippen molar-refractivity contribution in [2.24, 2.45) is 10.9 Å². The van der Waals surface area contributed by atoms with Gasteiger partial charge in [0.2, 0.25) is 5.91 Å². The highest BCUT2D eigenvalue weighted by Crippen LogP contribution is 2.23. The number of nitrogens with zero attached hydrogens (tertiary/aromatic N) is 3. The lowest BCUT2D eigenvalue weighted by Gasteiger charge is -2.38. The third kappa shape index (κ3) is 5.13. The minimum absolute atomic E-state index is 0.0208. The van der Waals surface area contributed by atoms with Crippen LogP contribution in [0.25, 0.3) is 0 Å². The van der Waals surface area contributed by atoms with Gasteiger partial charge < -0.3 is 20.4 Å². The van der Waals surface area contributed by atoms with Crippen molar-refractivity contribution in [2.75, 3.05) is 51.2 Å². The Hall–Kier alpha value is -2.24. The van der Waals surface area contributed by atoms with Gasteiger partial charge in [0.25, 0.3) is 0 Å². The van der Waals surface area contributed by atoms with Crippen LogP contribution in [-0.2, 0) is 4.79 Å². The molecule has 0 aromatic heterocycles. The molecule has 2 N–H and O–H groups in total. The van der Waals surface area contributed by atoms with Crippen molar-refractivity contribution >= 4 is 17.6 Å². The third-order valence-electron chi connectivity index (χ3n) is 4.94. The number of piperazine rings is 1. The van der Waals surface area contributed by atoms with Crippen LogP contribution in [0.3, 0.4) is 0 Å². The summed E-state index contributed by atoms with van der Waals surface area (Å²) in [7, 11) is 1.81. The van der Waals surface area contributed by atoms with Crippen molar-refractivity contribution in [3.63, 3.8) is 0 Å². The van der Waals surface area contributed by atoms with Gasteiger partial charge in [-0.2, -0.15) is 0 Å². The molecule has 1 aromatic carbocycles. The lowest BCUT2D eigenvalue weighted by molar-refractivity contribution is -0.123. The van der Waals surface area contributed by atoms with Crippen LogP contribution in [0.2, 0.25) is 0 Å². The van der Waals surface area contributed by atoms with Crippen molar-refractivity contribution in [1.29, 1.82) is 0 Å². The lowest BCUT2D eigenvalue weighted by Crippen LogP contribution is -2.53. The van der Waals surface area contributed by atoms with Crippen LogP contribution < -0.4 is 15.5 Å². The molecule has 1 aromatic rings. The third-order valence-corrected chi connectivity index (χ3v) is 4.94. The fraction of sp³-hybridized carbons (Fsp3) is 0.600. The highest BCUT2D eigenvalue weighted by Gasteiger charge is 2.20. The normalized spacial score (nSPS) is 15.4. The lowest BCUT2D eigenvalue weighted by atomic mass is 10.1. The Labute approximate surface area is 157 Å².